The first-order chi connectivity index (χ1) is 5.43. The molecule has 0 radical (unpaired) electrons. The van der Waals surface area contributed by atoms with Crippen molar-refractivity contribution in [1.29, 1.82) is 0 Å². The Bertz CT molecular complexity index is 161. The maximum atomic E-state index is 12.9. The van der Waals surface area contributed by atoms with Crippen LogP contribution in [0.4, 0.5) is 8.78 Å². The highest BCUT2D eigenvalue weighted by molar-refractivity contribution is 4.87. The Morgan fingerprint density at radius 1 is 1.50 bits per heavy atom. The van der Waals surface area contributed by atoms with E-state index in [0.717, 1.165) is 0 Å². The summed E-state index contributed by atoms with van der Waals surface area (Å²) in [7, 11) is 0. The van der Waals surface area contributed by atoms with E-state index in [1.165, 1.54) is 0 Å². The average molecular weight is 179 g/mol. The molecule has 1 heterocycles. The van der Waals surface area contributed by atoms with E-state index in [-0.39, 0.29) is 19.0 Å². The number of aliphatic hydroxyl groups is 1. The predicted octanol–water partition coefficient (Wildman–Crippen LogP) is 1.10. The molecule has 1 rings (SSSR count). The second-order valence-electron chi connectivity index (χ2n) is 3.63. The quantitative estimate of drug-likeness (QED) is 0.651. The van der Waals surface area contributed by atoms with Gasteiger partial charge >= 0.3 is 0 Å². The van der Waals surface area contributed by atoms with E-state index in [1.54, 1.807) is 4.90 Å². The first-order valence-corrected chi connectivity index (χ1v) is 4.23. The van der Waals surface area contributed by atoms with Gasteiger partial charge in [0, 0.05) is 12.6 Å². The van der Waals surface area contributed by atoms with Crippen molar-refractivity contribution in [3.63, 3.8) is 0 Å². The zero-order valence-corrected chi connectivity index (χ0v) is 7.43. The molecule has 4 heteroatoms. The zero-order chi connectivity index (χ0) is 9.35. The van der Waals surface area contributed by atoms with Crippen LogP contribution in [0, 0.1) is 0 Å². The fraction of sp³-hybridized carbons (Fsp3) is 1.00. The number of hydrogen-bond donors (Lipinski definition) is 1. The van der Waals surface area contributed by atoms with Crippen LogP contribution in [0.1, 0.15) is 20.3 Å². The summed E-state index contributed by atoms with van der Waals surface area (Å²) < 4.78 is 25.8. The molecule has 1 unspecified atom stereocenters. The largest absolute Gasteiger partial charge is 0.387 e. The molecule has 0 aromatic heterocycles. The lowest BCUT2D eigenvalue weighted by Gasteiger charge is -2.37. The van der Waals surface area contributed by atoms with Gasteiger partial charge in [0.05, 0.1) is 6.54 Å². The molecule has 0 aromatic carbocycles. The van der Waals surface area contributed by atoms with E-state index in [2.05, 4.69) is 0 Å². The fourth-order valence-corrected chi connectivity index (χ4v) is 1.40. The van der Waals surface area contributed by atoms with Gasteiger partial charge in [-0.25, -0.2) is 8.78 Å². The van der Waals surface area contributed by atoms with E-state index in [4.69, 9.17) is 5.11 Å². The summed E-state index contributed by atoms with van der Waals surface area (Å²) in [6.07, 6.45) is -1.28. The summed E-state index contributed by atoms with van der Waals surface area (Å²) in [6.45, 7) is 4.02. The molecule has 0 spiro atoms. The normalized spacial score (nSPS) is 31.0. The average Bonchev–Trinajstić information content (AvgIpc) is 1.94. The van der Waals surface area contributed by atoms with Gasteiger partial charge in [-0.15, -0.1) is 0 Å². The Kier molecular flexibility index (Phi) is 2.68. The molecule has 0 bridgehead atoms. The van der Waals surface area contributed by atoms with Crippen LogP contribution in [-0.4, -0.2) is 41.2 Å². The monoisotopic (exact) mass is 179 g/mol. The first kappa shape index (κ1) is 9.86. The molecule has 0 aromatic rings. The summed E-state index contributed by atoms with van der Waals surface area (Å²) in [5.74, 6) is -2.93. The van der Waals surface area contributed by atoms with E-state index in [1.807, 2.05) is 13.8 Å². The Morgan fingerprint density at radius 2 is 2.08 bits per heavy atom. The van der Waals surface area contributed by atoms with Crippen LogP contribution < -0.4 is 0 Å². The van der Waals surface area contributed by atoms with Gasteiger partial charge < -0.3 is 5.11 Å². The molecule has 0 amide bonds. The van der Waals surface area contributed by atoms with E-state index in [0.29, 0.717) is 6.54 Å². The van der Waals surface area contributed by atoms with E-state index < -0.39 is 12.0 Å². The standard InChI is InChI=1S/C8H15F2NO/c1-6(2)11-4-3-7(12)8(9,10)5-11/h6-7,12H,3-5H2,1-2H3. The number of nitrogens with zero attached hydrogens (tertiary/aromatic N) is 1. The van der Waals surface area contributed by atoms with Gasteiger partial charge in [-0.2, -0.15) is 0 Å². The van der Waals surface area contributed by atoms with Gasteiger partial charge in [-0.1, -0.05) is 0 Å². The van der Waals surface area contributed by atoms with Crippen LogP contribution in [0.2, 0.25) is 0 Å². The number of hydrogen-bond acceptors (Lipinski definition) is 2. The lowest BCUT2D eigenvalue weighted by Crippen LogP contribution is -2.53. The van der Waals surface area contributed by atoms with Crippen LogP contribution in [-0.2, 0) is 0 Å². The second kappa shape index (κ2) is 3.26. The van der Waals surface area contributed by atoms with E-state index >= 15 is 0 Å². The van der Waals surface area contributed by atoms with Crippen molar-refractivity contribution < 1.29 is 13.9 Å². The number of halogens is 2. The highest BCUT2D eigenvalue weighted by atomic mass is 19.3. The minimum atomic E-state index is -2.93. The Labute approximate surface area is 71.2 Å². The molecule has 1 aliphatic heterocycles. The first-order valence-electron chi connectivity index (χ1n) is 4.23. The third kappa shape index (κ3) is 1.93. The molecule has 1 aliphatic rings. The molecule has 12 heavy (non-hydrogen) atoms. The van der Waals surface area contributed by atoms with Gasteiger partial charge in [0.15, 0.2) is 0 Å². The molecule has 2 nitrogen and oxygen atoms in total. The Hall–Kier alpha value is -0.220. The minimum Gasteiger partial charge on any atom is -0.387 e. The van der Waals surface area contributed by atoms with Crippen molar-refractivity contribution >= 4 is 0 Å². The van der Waals surface area contributed by atoms with Crippen molar-refractivity contribution in [3.8, 4) is 0 Å². The maximum absolute atomic E-state index is 12.9. The second-order valence-corrected chi connectivity index (χ2v) is 3.63. The molecule has 0 aliphatic carbocycles. The molecule has 0 saturated carbocycles. The molecular weight excluding hydrogens is 164 g/mol. The Balaban J connectivity index is 2.57. The van der Waals surface area contributed by atoms with Crippen LogP contribution in [0.25, 0.3) is 0 Å². The molecule has 1 N–H and O–H groups in total. The number of piperidine rings is 1. The summed E-state index contributed by atoms with van der Waals surface area (Å²) in [5, 5.41) is 8.96. The highest BCUT2D eigenvalue weighted by Crippen LogP contribution is 2.27. The van der Waals surface area contributed by atoms with Gasteiger partial charge in [-0.3, -0.25) is 4.90 Å². The molecule has 1 saturated heterocycles. The van der Waals surface area contributed by atoms with Gasteiger partial charge in [0.2, 0.25) is 0 Å². The van der Waals surface area contributed by atoms with E-state index in [9.17, 15) is 8.78 Å². The maximum Gasteiger partial charge on any atom is 0.285 e. The van der Waals surface area contributed by atoms with Crippen LogP contribution >= 0.6 is 0 Å². The number of rotatable bonds is 1. The summed E-state index contributed by atoms with van der Waals surface area (Å²) in [5.41, 5.74) is 0. The predicted molar refractivity (Wildman–Crippen MR) is 42.3 cm³/mol. The summed E-state index contributed by atoms with van der Waals surface area (Å²) in [4.78, 5) is 1.69. The highest BCUT2D eigenvalue weighted by Gasteiger charge is 2.43. The van der Waals surface area contributed by atoms with Gasteiger partial charge in [-0.05, 0) is 20.3 Å². The Morgan fingerprint density at radius 3 is 2.50 bits per heavy atom. The van der Waals surface area contributed by atoms with Gasteiger partial charge in [0.1, 0.15) is 6.10 Å². The van der Waals surface area contributed by atoms with Crippen molar-refractivity contribution in [2.24, 2.45) is 0 Å². The molecule has 1 fully saturated rings. The summed E-state index contributed by atoms with van der Waals surface area (Å²) >= 11 is 0. The van der Waals surface area contributed by atoms with Crippen molar-refractivity contribution in [1.82, 2.24) is 4.90 Å². The van der Waals surface area contributed by atoms with Crippen LogP contribution in [0.3, 0.4) is 0 Å². The van der Waals surface area contributed by atoms with Crippen molar-refractivity contribution in [2.45, 2.75) is 38.3 Å². The van der Waals surface area contributed by atoms with Crippen LogP contribution in [0.5, 0.6) is 0 Å². The third-order valence-corrected chi connectivity index (χ3v) is 2.32. The topological polar surface area (TPSA) is 23.5 Å². The summed E-state index contributed by atoms with van der Waals surface area (Å²) in [6, 6.07) is 0.128. The smallest absolute Gasteiger partial charge is 0.285 e. The number of likely N-dealkylation sites (tertiary alicyclic amines) is 1. The molecule has 72 valence electrons. The SMILES string of the molecule is CC(C)N1CCC(O)C(F)(F)C1. The molecular formula is C8H15F2NO. The van der Waals surface area contributed by atoms with Gasteiger partial charge in [0.25, 0.3) is 5.92 Å². The third-order valence-electron chi connectivity index (χ3n) is 2.32. The fourth-order valence-electron chi connectivity index (χ4n) is 1.40. The lowest BCUT2D eigenvalue weighted by atomic mass is 10.0. The van der Waals surface area contributed by atoms with Crippen molar-refractivity contribution in [2.75, 3.05) is 13.1 Å². The van der Waals surface area contributed by atoms with Crippen molar-refractivity contribution in [3.05, 3.63) is 0 Å². The lowest BCUT2D eigenvalue weighted by molar-refractivity contribution is -0.154. The van der Waals surface area contributed by atoms with Crippen LogP contribution in [0.15, 0.2) is 0 Å². The zero-order valence-electron chi connectivity index (χ0n) is 7.43. The number of alkyl halides is 2. The molecule has 1 atom stereocenters. The number of aliphatic hydroxyl groups excluding tert-OH is 1. The minimum absolute atomic E-state index is 0.128.